The van der Waals surface area contributed by atoms with Crippen LogP contribution >= 0.6 is 0 Å². The number of hydrogen-bond acceptors (Lipinski definition) is 5. The lowest BCUT2D eigenvalue weighted by molar-refractivity contribution is 0.262. The maximum Gasteiger partial charge on any atom is 0.323 e. The van der Waals surface area contributed by atoms with Crippen LogP contribution in [0.15, 0.2) is 85.5 Å². The molecular formula is C23H21N5O3. The lowest BCUT2D eigenvalue weighted by Gasteiger charge is -2.10. The van der Waals surface area contributed by atoms with Crippen LogP contribution < -0.4 is 20.1 Å². The normalized spacial score (nSPS) is 10.4. The highest BCUT2D eigenvalue weighted by atomic mass is 16.5. The quantitative estimate of drug-likeness (QED) is 0.438. The molecule has 0 saturated heterocycles. The van der Waals surface area contributed by atoms with Crippen LogP contribution in [-0.4, -0.2) is 27.2 Å². The fraction of sp³-hybridized carbons (Fsp3) is 0.0870. The summed E-state index contributed by atoms with van der Waals surface area (Å²) < 4.78 is 13.1. The summed E-state index contributed by atoms with van der Waals surface area (Å²) in [6.45, 7) is 2.52. The average molecular weight is 415 g/mol. The number of carbonyl (C=O) groups excluding carboxylic acids is 1. The van der Waals surface area contributed by atoms with Gasteiger partial charge < -0.3 is 24.7 Å². The van der Waals surface area contributed by atoms with E-state index in [9.17, 15) is 4.79 Å². The van der Waals surface area contributed by atoms with Gasteiger partial charge in [0.2, 0.25) is 5.88 Å². The summed E-state index contributed by atoms with van der Waals surface area (Å²) in [7, 11) is 0. The molecule has 156 valence electrons. The second-order valence-corrected chi connectivity index (χ2v) is 6.47. The molecule has 0 bridgehead atoms. The molecule has 2 N–H and O–H groups in total. The minimum Gasteiger partial charge on any atom is -0.494 e. The predicted molar refractivity (Wildman–Crippen MR) is 118 cm³/mol. The highest BCUT2D eigenvalue weighted by Crippen LogP contribution is 2.23. The van der Waals surface area contributed by atoms with Crippen LogP contribution in [0.1, 0.15) is 6.92 Å². The molecule has 0 aliphatic heterocycles. The number of ether oxygens (including phenoxy) is 2. The minimum atomic E-state index is -0.343. The van der Waals surface area contributed by atoms with Crippen LogP contribution in [-0.2, 0) is 0 Å². The zero-order chi connectivity index (χ0) is 21.5. The van der Waals surface area contributed by atoms with E-state index in [2.05, 4.69) is 20.6 Å². The maximum atomic E-state index is 12.2. The van der Waals surface area contributed by atoms with Gasteiger partial charge >= 0.3 is 6.03 Å². The summed E-state index contributed by atoms with van der Waals surface area (Å²) in [6, 6.07) is 19.4. The lowest BCUT2D eigenvalue weighted by atomic mass is 10.3. The van der Waals surface area contributed by atoms with Crippen LogP contribution in [0.4, 0.5) is 16.2 Å². The van der Waals surface area contributed by atoms with Gasteiger partial charge in [0.1, 0.15) is 23.6 Å². The average Bonchev–Trinajstić information content (AvgIpc) is 3.32. The third-order valence-corrected chi connectivity index (χ3v) is 4.25. The molecule has 31 heavy (non-hydrogen) atoms. The summed E-state index contributed by atoms with van der Waals surface area (Å²) in [6.07, 6.45) is 5.24. The zero-order valence-corrected chi connectivity index (χ0v) is 16.9. The molecule has 2 amide bonds. The van der Waals surface area contributed by atoms with Gasteiger partial charge in [0.25, 0.3) is 0 Å². The molecule has 8 heteroatoms. The number of rotatable bonds is 7. The van der Waals surface area contributed by atoms with Gasteiger partial charge in [-0.1, -0.05) is 0 Å². The van der Waals surface area contributed by atoms with Crippen molar-refractivity contribution in [3.05, 3.63) is 85.5 Å². The van der Waals surface area contributed by atoms with Crippen LogP contribution in [0.5, 0.6) is 17.4 Å². The standard InChI is InChI=1S/C23H21N5O3/c1-2-30-19-9-5-17(6-10-19)26-23(29)27-18-7-11-20(12-8-18)31-22-15-21(24-16-25-22)28-13-3-4-14-28/h3-16H,2H2,1H3,(H2,26,27,29). The Bertz CT molecular complexity index is 1130. The van der Waals surface area contributed by atoms with Gasteiger partial charge in [-0.3, -0.25) is 0 Å². The topological polar surface area (TPSA) is 90.3 Å². The summed E-state index contributed by atoms with van der Waals surface area (Å²) in [4.78, 5) is 20.6. The van der Waals surface area contributed by atoms with Crippen molar-refractivity contribution >= 4 is 17.4 Å². The van der Waals surface area contributed by atoms with Gasteiger partial charge in [-0.15, -0.1) is 0 Å². The fourth-order valence-electron chi connectivity index (χ4n) is 2.84. The number of carbonyl (C=O) groups is 1. The third-order valence-electron chi connectivity index (χ3n) is 4.25. The second-order valence-electron chi connectivity index (χ2n) is 6.47. The Morgan fingerprint density at radius 1 is 0.903 bits per heavy atom. The van der Waals surface area contributed by atoms with Gasteiger partial charge in [-0.05, 0) is 67.6 Å². The smallest absolute Gasteiger partial charge is 0.323 e. The first-order valence-electron chi connectivity index (χ1n) is 9.74. The molecule has 2 aromatic heterocycles. The second kappa shape index (κ2) is 9.45. The van der Waals surface area contributed by atoms with Crippen LogP contribution in [0.2, 0.25) is 0 Å². The van der Waals surface area contributed by atoms with Crippen LogP contribution in [0, 0.1) is 0 Å². The first-order chi connectivity index (χ1) is 15.2. The lowest BCUT2D eigenvalue weighted by Crippen LogP contribution is -2.19. The first-order valence-corrected chi connectivity index (χ1v) is 9.74. The molecular weight excluding hydrogens is 394 g/mol. The van der Waals surface area contributed by atoms with E-state index in [-0.39, 0.29) is 6.03 Å². The van der Waals surface area contributed by atoms with Crippen molar-refractivity contribution in [2.45, 2.75) is 6.92 Å². The molecule has 0 aliphatic carbocycles. The summed E-state index contributed by atoms with van der Waals surface area (Å²) in [5, 5.41) is 5.56. The Morgan fingerprint density at radius 3 is 2.13 bits per heavy atom. The van der Waals surface area contributed by atoms with Crippen molar-refractivity contribution in [2.24, 2.45) is 0 Å². The number of anilines is 2. The van der Waals surface area contributed by atoms with Crippen LogP contribution in [0.3, 0.4) is 0 Å². The van der Waals surface area contributed by atoms with E-state index in [0.29, 0.717) is 35.4 Å². The molecule has 0 aliphatic rings. The molecule has 2 heterocycles. The highest BCUT2D eigenvalue weighted by molar-refractivity contribution is 5.99. The SMILES string of the molecule is CCOc1ccc(NC(=O)Nc2ccc(Oc3cc(-n4cccc4)ncn3)cc2)cc1. The van der Waals surface area contributed by atoms with Gasteiger partial charge in [0.05, 0.1) is 6.61 Å². The van der Waals surface area contributed by atoms with E-state index >= 15 is 0 Å². The number of urea groups is 1. The molecule has 4 aromatic rings. The molecule has 0 saturated carbocycles. The molecule has 0 radical (unpaired) electrons. The van der Waals surface area contributed by atoms with Gasteiger partial charge in [0.15, 0.2) is 0 Å². The van der Waals surface area contributed by atoms with E-state index in [1.54, 1.807) is 54.6 Å². The minimum absolute atomic E-state index is 0.343. The monoisotopic (exact) mass is 415 g/mol. The molecule has 0 atom stereocenters. The van der Waals surface area contributed by atoms with E-state index in [1.807, 2.05) is 36.0 Å². The van der Waals surface area contributed by atoms with Crippen molar-refractivity contribution in [3.63, 3.8) is 0 Å². The van der Waals surface area contributed by atoms with Gasteiger partial charge in [-0.25, -0.2) is 14.8 Å². The molecule has 8 nitrogen and oxygen atoms in total. The number of amides is 2. The van der Waals surface area contributed by atoms with Crippen LogP contribution in [0.25, 0.3) is 5.82 Å². The van der Waals surface area contributed by atoms with Gasteiger partial charge in [-0.2, -0.15) is 0 Å². The summed E-state index contributed by atoms with van der Waals surface area (Å²) >= 11 is 0. The van der Waals surface area contributed by atoms with Crippen molar-refractivity contribution in [1.29, 1.82) is 0 Å². The third kappa shape index (κ3) is 5.39. The Balaban J connectivity index is 1.34. The van der Waals surface area contributed by atoms with Gasteiger partial charge in [0, 0.05) is 29.8 Å². The Morgan fingerprint density at radius 2 is 1.52 bits per heavy atom. The molecule has 4 rings (SSSR count). The van der Waals surface area contributed by atoms with Crippen molar-refractivity contribution in [2.75, 3.05) is 17.2 Å². The van der Waals surface area contributed by atoms with E-state index in [1.165, 1.54) is 6.33 Å². The highest BCUT2D eigenvalue weighted by Gasteiger charge is 2.06. The molecule has 0 fully saturated rings. The van der Waals surface area contributed by atoms with E-state index in [4.69, 9.17) is 9.47 Å². The Kier molecular flexibility index (Phi) is 6.08. The number of nitrogens with zero attached hydrogens (tertiary/aromatic N) is 3. The van der Waals surface area contributed by atoms with E-state index in [0.717, 1.165) is 5.75 Å². The molecule has 2 aromatic carbocycles. The van der Waals surface area contributed by atoms with Crippen molar-refractivity contribution in [3.8, 4) is 23.2 Å². The Labute approximate surface area is 179 Å². The van der Waals surface area contributed by atoms with Crippen molar-refractivity contribution in [1.82, 2.24) is 14.5 Å². The zero-order valence-electron chi connectivity index (χ0n) is 16.9. The first kappa shape index (κ1) is 20.0. The fourth-order valence-corrected chi connectivity index (χ4v) is 2.84. The Hall–Kier alpha value is -4.33. The van der Waals surface area contributed by atoms with E-state index < -0.39 is 0 Å². The maximum absolute atomic E-state index is 12.2. The number of benzene rings is 2. The molecule has 0 spiro atoms. The predicted octanol–water partition coefficient (Wildman–Crippen LogP) is 5.10. The number of aromatic nitrogens is 3. The number of nitrogens with one attached hydrogen (secondary N) is 2. The summed E-state index contributed by atoms with van der Waals surface area (Å²) in [5.41, 5.74) is 1.30. The van der Waals surface area contributed by atoms with Crippen molar-refractivity contribution < 1.29 is 14.3 Å². The molecule has 0 unspecified atom stereocenters. The largest absolute Gasteiger partial charge is 0.494 e. The number of hydrogen-bond donors (Lipinski definition) is 2. The summed E-state index contributed by atoms with van der Waals surface area (Å²) in [5.74, 6) is 2.48.